The van der Waals surface area contributed by atoms with Crippen LogP contribution >= 0.6 is 11.8 Å². The van der Waals surface area contributed by atoms with Gasteiger partial charge in [-0.1, -0.05) is 24.8 Å². The number of aromatic nitrogens is 5. The summed E-state index contributed by atoms with van der Waals surface area (Å²) in [5, 5.41) is 21.8. The number of hydrogen-bond donors (Lipinski definition) is 1. The van der Waals surface area contributed by atoms with Gasteiger partial charge in [-0.15, -0.1) is 10.2 Å². The van der Waals surface area contributed by atoms with Crippen LogP contribution in [0.2, 0.25) is 0 Å². The molecular weight excluding hydrogens is 302 g/mol. The summed E-state index contributed by atoms with van der Waals surface area (Å²) in [4.78, 5) is 15.4. The molecule has 0 aliphatic carbocycles. The summed E-state index contributed by atoms with van der Waals surface area (Å²) in [5.74, 6) is -0.315. The molecule has 0 radical (unpaired) electrons. The summed E-state index contributed by atoms with van der Waals surface area (Å²) in [5.41, 5.74) is 1.25. The SMILES string of the molecule is CCC(Sc1ccc2nnc(-c3ccccn3)n2n1)C(=O)O. The maximum absolute atomic E-state index is 11.1. The molecule has 1 N–H and O–H groups in total. The number of rotatable bonds is 5. The zero-order valence-corrected chi connectivity index (χ0v) is 12.6. The van der Waals surface area contributed by atoms with E-state index in [9.17, 15) is 4.79 Å². The lowest BCUT2D eigenvalue weighted by molar-refractivity contribution is -0.136. The molecule has 0 bridgehead atoms. The minimum absolute atomic E-state index is 0.523. The van der Waals surface area contributed by atoms with Gasteiger partial charge in [0.1, 0.15) is 16.0 Å². The molecule has 7 nitrogen and oxygen atoms in total. The number of carbonyl (C=O) groups is 1. The first-order chi connectivity index (χ1) is 10.7. The van der Waals surface area contributed by atoms with Crippen molar-refractivity contribution in [2.75, 3.05) is 0 Å². The van der Waals surface area contributed by atoms with Crippen LogP contribution in [0.3, 0.4) is 0 Å². The molecule has 112 valence electrons. The molecule has 22 heavy (non-hydrogen) atoms. The average molecular weight is 315 g/mol. The van der Waals surface area contributed by atoms with Gasteiger partial charge in [0.05, 0.1) is 0 Å². The highest BCUT2D eigenvalue weighted by molar-refractivity contribution is 8.00. The van der Waals surface area contributed by atoms with E-state index in [2.05, 4.69) is 20.3 Å². The Hall–Kier alpha value is -2.48. The van der Waals surface area contributed by atoms with Crippen molar-refractivity contribution in [3.8, 4) is 11.5 Å². The molecule has 0 aliphatic heterocycles. The van der Waals surface area contributed by atoms with E-state index in [0.29, 0.717) is 28.6 Å². The van der Waals surface area contributed by atoms with E-state index in [-0.39, 0.29) is 0 Å². The van der Waals surface area contributed by atoms with Crippen molar-refractivity contribution in [1.29, 1.82) is 0 Å². The summed E-state index contributed by atoms with van der Waals surface area (Å²) >= 11 is 1.21. The quantitative estimate of drug-likeness (QED) is 0.721. The molecule has 0 saturated carbocycles. The van der Waals surface area contributed by atoms with Gasteiger partial charge in [-0.25, -0.2) is 0 Å². The van der Waals surface area contributed by atoms with Gasteiger partial charge in [-0.05, 0) is 30.7 Å². The molecular formula is C14H13N5O2S. The lowest BCUT2D eigenvalue weighted by atomic mass is 10.3. The summed E-state index contributed by atoms with van der Waals surface area (Å²) < 4.78 is 1.58. The van der Waals surface area contributed by atoms with Crippen molar-refractivity contribution < 1.29 is 9.90 Å². The molecule has 1 unspecified atom stereocenters. The number of carboxylic acids is 1. The van der Waals surface area contributed by atoms with Crippen molar-refractivity contribution in [3.05, 3.63) is 36.5 Å². The maximum atomic E-state index is 11.1. The van der Waals surface area contributed by atoms with Crippen LogP contribution < -0.4 is 0 Å². The minimum Gasteiger partial charge on any atom is -0.480 e. The Kier molecular flexibility index (Phi) is 4.01. The molecule has 0 amide bonds. The first-order valence-electron chi connectivity index (χ1n) is 6.72. The standard InChI is InChI=1S/C14H13N5O2S/c1-2-10(14(20)21)22-12-7-6-11-16-17-13(19(11)18-12)9-5-3-4-8-15-9/h3-8,10H,2H2,1H3,(H,20,21). The van der Waals surface area contributed by atoms with Gasteiger partial charge >= 0.3 is 5.97 Å². The number of aliphatic carboxylic acids is 1. The van der Waals surface area contributed by atoms with Crippen LogP contribution in [-0.2, 0) is 4.79 Å². The third-order valence-corrected chi connectivity index (χ3v) is 4.32. The van der Waals surface area contributed by atoms with Gasteiger partial charge in [0, 0.05) is 6.20 Å². The minimum atomic E-state index is -0.844. The van der Waals surface area contributed by atoms with E-state index >= 15 is 0 Å². The third kappa shape index (κ3) is 2.77. The number of fused-ring (bicyclic) bond motifs is 1. The summed E-state index contributed by atoms with van der Waals surface area (Å²) in [6.07, 6.45) is 2.20. The third-order valence-electron chi connectivity index (χ3n) is 3.04. The van der Waals surface area contributed by atoms with Crippen molar-refractivity contribution in [1.82, 2.24) is 24.8 Å². The molecule has 0 spiro atoms. The van der Waals surface area contributed by atoms with Crippen molar-refractivity contribution in [3.63, 3.8) is 0 Å². The second kappa shape index (κ2) is 6.10. The fraction of sp³-hybridized carbons (Fsp3) is 0.214. The van der Waals surface area contributed by atoms with Crippen molar-refractivity contribution in [2.24, 2.45) is 0 Å². The Morgan fingerprint density at radius 2 is 2.18 bits per heavy atom. The Bertz CT molecular complexity index is 805. The molecule has 3 heterocycles. The normalized spacial score (nSPS) is 12.4. The first-order valence-corrected chi connectivity index (χ1v) is 7.60. The predicted octanol–water partition coefficient (Wildman–Crippen LogP) is 2.14. The van der Waals surface area contributed by atoms with Gasteiger partial charge in [0.2, 0.25) is 5.82 Å². The number of thioether (sulfide) groups is 1. The van der Waals surface area contributed by atoms with Gasteiger partial charge in [0.15, 0.2) is 5.65 Å². The van der Waals surface area contributed by atoms with Crippen LogP contribution in [0.4, 0.5) is 0 Å². The van der Waals surface area contributed by atoms with E-state index in [1.54, 1.807) is 22.8 Å². The van der Waals surface area contributed by atoms with Crippen LogP contribution in [0, 0.1) is 0 Å². The average Bonchev–Trinajstić information content (AvgIpc) is 2.96. The van der Waals surface area contributed by atoms with Crippen LogP contribution in [-0.4, -0.2) is 41.1 Å². The van der Waals surface area contributed by atoms with Crippen molar-refractivity contribution in [2.45, 2.75) is 23.6 Å². The van der Waals surface area contributed by atoms with Crippen LogP contribution in [0.25, 0.3) is 17.2 Å². The Balaban J connectivity index is 2.00. The molecule has 0 aromatic carbocycles. The van der Waals surface area contributed by atoms with Gasteiger partial charge in [0.25, 0.3) is 0 Å². The van der Waals surface area contributed by atoms with Crippen LogP contribution in [0.1, 0.15) is 13.3 Å². The fourth-order valence-electron chi connectivity index (χ4n) is 1.94. The lowest BCUT2D eigenvalue weighted by Crippen LogP contribution is -2.15. The second-order valence-electron chi connectivity index (χ2n) is 4.53. The van der Waals surface area contributed by atoms with Crippen molar-refractivity contribution >= 4 is 23.4 Å². The number of carboxylic acid groups (broad SMARTS) is 1. The molecule has 0 fully saturated rings. The molecule has 3 rings (SSSR count). The topological polar surface area (TPSA) is 93.3 Å². The number of nitrogens with zero attached hydrogens (tertiary/aromatic N) is 5. The highest BCUT2D eigenvalue weighted by Crippen LogP contribution is 2.25. The molecule has 3 aromatic heterocycles. The highest BCUT2D eigenvalue weighted by Gasteiger charge is 2.18. The van der Waals surface area contributed by atoms with Crippen LogP contribution in [0.5, 0.6) is 0 Å². The molecule has 0 saturated heterocycles. The Labute approximate surface area is 130 Å². The summed E-state index contributed by atoms with van der Waals surface area (Å²) in [7, 11) is 0. The summed E-state index contributed by atoms with van der Waals surface area (Å²) in [6.45, 7) is 1.84. The fourth-order valence-corrected chi connectivity index (χ4v) is 2.78. The molecule has 0 aliphatic rings. The van der Waals surface area contributed by atoms with E-state index in [1.165, 1.54) is 11.8 Å². The summed E-state index contributed by atoms with van der Waals surface area (Å²) in [6, 6.07) is 9.02. The van der Waals surface area contributed by atoms with E-state index in [1.807, 2.05) is 25.1 Å². The monoisotopic (exact) mass is 315 g/mol. The first kappa shape index (κ1) is 14.5. The zero-order valence-electron chi connectivity index (χ0n) is 11.7. The highest BCUT2D eigenvalue weighted by atomic mass is 32.2. The Morgan fingerprint density at radius 1 is 1.32 bits per heavy atom. The second-order valence-corrected chi connectivity index (χ2v) is 5.76. The Morgan fingerprint density at radius 3 is 2.86 bits per heavy atom. The smallest absolute Gasteiger partial charge is 0.317 e. The van der Waals surface area contributed by atoms with Gasteiger partial charge < -0.3 is 5.11 Å². The maximum Gasteiger partial charge on any atom is 0.317 e. The van der Waals surface area contributed by atoms with Gasteiger partial charge in [-0.2, -0.15) is 9.61 Å². The molecule has 1 atom stereocenters. The lowest BCUT2D eigenvalue weighted by Gasteiger charge is -2.08. The predicted molar refractivity (Wildman–Crippen MR) is 81.6 cm³/mol. The van der Waals surface area contributed by atoms with E-state index in [4.69, 9.17) is 5.11 Å². The van der Waals surface area contributed by atoms with Gasteiger partial charge in [-0.3, -0.25) is 9.78 Å². The number of pyridine rings is 1. The molecule has 3 aromatic rings. The number of hydrogen-bond acceptors (Lipinski definition) is 6. The van der Waals surface area contributed by atoms with E-state index in [0.717, 1.165) is 0 Å². The largest absolute Gasteiger partial charge is 0.480 e. The molecule has 8 heteroatoms. The zero-order chi connectivity index (χ0) is 15.5. The van der Waals surface area contributed by atoms with E-state index < -0.39 is 11.2 Å². The van der Waals surface area contributed by atoms with Crippen LogP contribution in [0.15, 0.2) is 41.6 Å².